The van der Waals surface area contributed by atoms with Crippen LogP contribution in [0.15, 0.2) is 76.7 Å². The molecule has 0 atom stereocenters. The summed E-state index contributed by atoms with van der Waals surface area (Å²) in [6.45, 7) is 1.38. The van der Waals surface area contributed by atoms with Crippen LogP contribution in [0.1, 0.15) is 12.5 Å². The van der Waals surface area contributed by atoms with Crippen molar-refractivity contribution < 1.29 is 13.2 Å². The number of nitrogens with zero attached hydrogens (tertiary/aromatic N) is 1. The Morgan fingerprint density at radius 1 is 0.962 bits per heavy atom. The van der Waals surface area contributed by atoms with Gasteiger partial charge in [-0.2, -0.15) is 13.5 Å². The lowest BCUT2D eigenvalue weighted by Gasteiger charge is -2.06. The fourth-order valence-electron chi connectivity index (χ4n) is 2.50. The summed E-state index contributed by atoms with van der Waals surface area (Å²) < 4.78 is 24.6. The Morgan fingerprint density at radius 3 is 2.38 bits per heavy atom. The number of anilines is 1. The molecule has 3 rings (SSSR count). The third kappa shape index (κ3) is 4.07. The SMILES string of the molecule is CC(=O)Nc1ccc(S(=O)(=O)NN=Cc2cccc3ccccc23)cc1. The van der Waals surface area contributed by atoms with E-state index in [4.69, 9.17) is 0 Å². The molecule has 0 aliphatic carbocycles. The van der Waals surface area contributed by atoms with Crippen LogP contribution in [0.5, 0.6) is 0 Å². The van der Waals surface area contributed by atoms with Crippen molar-refractivity contribution in [1.29, 1.82) is 0 Å². The Balaban J connectivity index is 1.77. The highest BCUT2D eigenvalue weighted by Gasteiger charge is 2.12. The number of hydrazone groups is 1. The number of hydrogen-bond acceptors (Lipinski definition) is 4. The highest BCUT2D eigenvalue weighted by molar-refractivity contribution is 7.89. The van der Waals surface area contributed by atoms with Crippen molar-refractivity contribution in [2.24, 2.45) is 5.10 Å². The molecule has 3 aromatic rings. The molecule has 6 nitrogen and oxygen atoms in total. The smallest absolute Gasteiger partial charge is 0.276 e. The molecule has 0 radical (unpaired) electrons. The van der Waals surface area contributed by atoms with Crippen molar-refractivity contribution in [1.82, 2.24) is 4.83 Å². The van der Waals surface area contributed by atoms with E-state index in [9.17, 15) is 13.2 Å². The van der Waals surface area contributed by atoms with Gasteiger partial charge in [0.15, 0.2) is 0 Å². The molecule has 2 N–H and O–H groups in total. The predicted octanol–water partition coefficient (Wildman–Crippen LogP) is 3.11. The first-order chi connectivity index (χ1) is 12.5. The summed E-state index contributed by atoms with van der Waals surface area (Å²) in [7, 11) is -3.79. The van der Waals surface area contributed by atoms with Crippen LogP contribution in [0.25, 0.3) is 10.8 Å². The van der Waals surface area contributed by atoms with Crippen molar-refractivity contribution in [3.8, 4) is 0 Å². The highest BCUT2D eigenvalue weighted by Crippen LogP contribution is 2.17. The van der Waals surface area contributed by atoms with E-state index < -0.39 is 10.0 Å². The lowest BCUT2D eigenvalue weighted by atomic mass is 10.1. The van der Waals surface area contributed by atoms with E-state index in [2.05, 4.69) is 15.2 Å². The zero-order chi connectivity index (χ0) is 18.6. The van der Waals surface area contributed by atoms with Crippen molar-refractivity contribution in [2.45, 2.75) is 11.8 Å². The number of benzene rings is 3. The number of carbonyl (C=O) groups excluding carboxylic acids is 1. The Morgan fingerprint density at radius 2 is 1.65 bits per heavy atom. The summed E-state index contributed by atoms with van der Waals surface area (Å²) in [6, 6.07) is 19.4. The molecule has 0 unspecified atom stereocenters. The normalized spacial score (nSPS) is 11.6. The molecule has 7 heteroatoms. The van der Waals surface area contributed by atoms with Crippen LogP contribution in [0.3, 0.4) is 0 Å². The first kappa shape index (κ1) is 17.6. The maximum Gasteiger partial charge on any atom is 0.276 e. The number of carbonyl (C=O) groups is 1. The highest BCUT2D eigenvalue weighted by atomic mass is 32.2. The van der Waals surface area contributed by atoms with Gasteiger partial charge < -0.3 is 5.32 Å². The van der Waals surface area contributed by atoms with E-state index in [0.29, 0.717) is 5.69 Å². The van der Waals surface area contributed by atoms with E-state index in [1.807, 2.05) is 42.5 Å². The Kier molecular flexibility index (Phi) is 4.99. The molecule has 0 aromatic heterocycles. The number of fused-ring (bicyclic) bond motifs is 1. The molecule has 0 spiro atoms. The minimum Gasteiger partial charge on any atom is -0.326 e. The molecular formula is C19H17N3O3S. The number of nitrogens with one attached hydrogen (secondary N) is 2. The van der Waals surface area contributed by atoms with Crippen molar-refractivity contribution in [3.05, 3.63) is 72.3 Å². The van der Waals surface area contributed by atoms with Crippen LogP contribution in [-0.4, -0.2) is 20.5 Å². The molecule has 0 aliphatic rings. The van der Waals surface area contributed by atoms with Gasteiger partial charge in [0.25, 0.3) is 10.0 Å². The molecule has 0 aliphatic heterocycles. The molecule has 0 fully saturated rings. The summed E-state index contributed by atoms with van der Waals surface area (Å²) in [6.07, 6.45) is 1.48. The Labute approximate surface area is 151 Å². The van der Waals surface area contributed by atoms with E-state index >= 15 is 0 Å². The van der Waals surface area contributed by atoms with Gasteiger partial charge in [-0.25, -0.2) is 4.83 Å². The largest absolute Gasteiger partial charge is 0.326 e. The third-order valence-electron chi connectivity index (χ3n) is 3.68. The molecular weight excluding hydrogens is 350 g/mol. The molecule has 0 heterocycles. The number of hydrogen-bond donors (Lipinski definition) is 2. The molecule has 0 saturated heterocycles. The standard InChI is InChI=1S/C19H17N3O3S/c1-14(23)21-17-9-11-18(12-10-17)26(24,25)22-20-13-16-7-4-6-15-5-2-3-8-19(15)16/h2-13,22H,1H3,(H,21,23). The third-order valence-corrected chi connectivity index (χ3v) is 4.92. The topological polar surface area (TPSA) is 87.6 Å². The molecule has 3 aromatic carbocycles. The van der Waals surface area contributed by atoms with Crippen molar-refractivity contribution in [3.63, 3.8) is 0 Å². The van der Waals surface area contributed by atoms with Crippen LogP contribution in [0, 0.1) is 0 Å². The van der Waals surface area contributed by atoms with Crippen LogP contribution >= 0.6 is 0 Å². The second kappa shape index (κ2) is 7.37. The van der Waals surface area contributed by atoms with E-state index in [0.717, 1.165) is 16.3 Å². The van der Waals surface area contributed by atoms with Gasteiger partial charge in [0, 0.05) is 18.2 Å². The maximum atomic E-state index is 12.3. The fraction of sp³-hybridized carbons (Fsp3) is 0.0526. The molecule has 1 amide bonds. The van der Waals surface area contributed by atoms with Crippen LogP contribution < -0.4 is 10.1 Å². The van der Waals surface area contributed by atoms with Gasteiger partial charge in [-0.1, -0.05) is 42.5 Å². The van der Waals surface area contributed by atoms with Gasteiger partial charge in [0.1, 0.15) is 0 Å². The minimum absolute atomic E-state index is 0.0571. The Bertz CT molecular complexity index is 1070. The summed E-state index contributed by atoms with van der Waals surface area (Å²) in [5.74, 6) is -0.224. The van der Waals surface area contributed by atoms with Gasteiger partial charge in [0.05, 0.1) is 11.1 Å². The summed E-state index contributed by atoms with van der Waals surface area (Å²) in [5.41, 5.74) is 1.34. The van der Waals surface area contributed by atoms with Crippen LogP contribution in [0.4, 0.5) is 5.69 Å². The van der Waals surface area contributed by atoms with E-state index in [1.54, 1.807) is 0 Å². The summed E-state index contributed by atoms with van der Waals surface area (Å²) >= 11 is 0. The quantitative estimate of drug-likeness (QED) is 0.536. The predicted molar refractivity (Wildman–Crippen MR) is 103 cm³/mol. The minimum atomic E-state index is -3.79. The maximum absolute atomic E-state index is 12.3. The molecule has 0 saturated carbocycles. The average Bonchev–Trinajstić information content (AvgIpc) is 2.62. The number of rotatable bonds is 5. The molecule has 26 heavy (non-hydrogen) atoms. The van der Waals surface area contributed by atoms with E-state index in [1.165, 1.54) is 37.4 Å². The Hall–Kier alpha value is -3.19. The summed E-state index contributed by atoms with van der Waals surface area (Å²) in [5, 5.41) is 8.49. The zero-order valence-electron chi connectivity index (χ0n) is 14.0. The first-order valence-corrected chi connectivity index (χ1v) is 9.34. The first-order valence-electron chi connectivity index (χ1n) is 7.86. The zero-order valence-corrected chi connectivity index (χ0v) is 14.8. The average molecular weight is 367 g/mol. The van der Waals surface area contributed by atoms with Crippen molar-refractivity contribution >= 4 is 38.6 Å². The van der Waals surface area contributed by atoms with E-state index in [-0.39, 0.29) is 10.8 Å². The monoisotopic (exact) mass is 367 g/mol. The number of sulfonamides is 1. The van der Waals surface area contributed by atoms with Gasteiger partial charge in [-0.05, 0) is 35.0 Å². The fourth-order valence-corrected chi connectivity index (χ4v) is 3.29. The van der Waals surface area contributed by atoms with Crippen LogP contribution in [0.2, 0.25) is 0 Å². The second-order valence-electron chi connectivity index (χ2n) is 5.63. The number of amides is 1. The van der Waals surface area contributed by atoms with Crippen molar-refractivity contribution in [2.75, 3.05) is 5.32 Å². The summed E-state index contributed by atoms with van der Waals surface area (Å²) in [4.78, 5) is 13.3. The lowest BCUT2D eigenvalue weighted by molar-refractivity contribution is -0.114. The second-order valence-corrected chi connectivity index (χ2v) is 7.29. The lowest BCUT2D eigenvalue weighted by Crippen LogP contribution is -2.18. The molecule has 0 bridgehead atoms. The van der Waals surface area contributed by atoms with Gasteiger partial charge in [0.2, 0.25) is 5.91 Å². The van der Waals surface area contributed by atoms with Crippen LogP contribution in [-0.2, 0) is 14.8 Å². The molecule has 132 valence electrons. The van der Waals surface area contributed by atoms with Gasteiger partial charge in [-0.15, -0.1) is 0 Å². The van der Waals surface area contributed by atoms with Gasteiger partial charge in [-0.3, -0.25) is 4.79 Å². The van der Waals surface area contributed by atoms with Gasteiger partial charge >= 0.3 is 0 Å².